The summed E-state index contributed by atoms with van der Waals surface area (Å²) in [5.74, 6) is -0.267. The van der Waals surface area contributed by atoms with Crippen molar-refractivity contribution in [3.63, 3.8) is 0 Å². The molecule has 0 radical (unpaired) electrons. The van der Waals surface area contributed by atoms with Crippen LogP contribution in [-0.4, -0.2) is 15.0 Å². The number of nitrogens with zero attached hydrogens (tertiary/aromatic N) is 1. The summed E-state index contributed by atoms with van der Waals surface area (Å²) >= 11 is 0. The Hall–Kier alpha value is -1.42. The molecule has 0 heterocycles. The number of benzene rings is 1. The van der Waals surface area contributed by atoms with Crippen molar-refractivity contribution in [3.05, 3.63) is 35.4 Å². The number of nitriles is 1. The Morgan fingerprint density at radius 1 is 1.44 bits per heavy atom. The highest BCUT2D eigenvalue weighted by Gasteiger charge is 2.13. The molecule has 0 saturated heterocycles. The highest BCUT2D eigenvalue weighted by molar-refractivity contribution is 7.88. The first-order valence-corrected chi connectivity index (χ1v) is 6.33. The average Bonchev–Trinajstić information content (AvgIpc) is 2.27. The normalized spacial score (nSPS) is 11.0. The van der Waals surface area contributed by atoms with Gasteiger partial charge in [-0.05, 0) is 18.6 Å². The van der Waals surface area contributed by atoms with Crippen molar-refractivity contribution in [1.82, 2.24) is 4.89 Å². The lowest BCUT2D eigenvalue weighted by molar-refractivity contribution is 0.105. The third kappa shape index (κ3) is 3.62. The van der Waals surface area contributed by atoms with Crippen LogP contribution in [0.5, 0.6) is 0 Å². The molecule has 0 fully saturated rings. The summed E-state index contributed by atoms with van der Waals surface area (Å²) in [6.45, 7) is 1.92. The van der Waals surface area contributed by atoms with Crippen LogP contribution in [0.15, 0.2) is 24.3 Å². The summed E-state index contributed by atoms with van der Waals surface area (Å²) in [6, 6.07) is 8.49. The van der Waals surface area contributed by atoms with E-state index in [4.69, 9.17) is 5.26 Å². The van der Waals surface area contributed by atoms with E-state index < -0.39 is 10.0 Å². The topological polar surface area (TPSA) is 79.2 Å². The molecule has 86 valence electrons. The molecule has 0 spiro atoms. The Labute approximate surface area is 94.7 Å². The quantitative estimate of drug-likeness (QED) is 0.776. The smallest absolute Gasteiger partial charge is 0.237 e. The molecule has 0 bridgehead atoms. The zero-order chi connectivity index (χ0) is 12.0. The van der Waals surface area contributed by atoms with Crippen LogP contribution in [0.1, 0.15) is 18.1 Å². The molecule has 6 heteroatoms. The molecule has 1 rings (SSSR count). The Morgan fingerprint density at radius 3 is 2.75 bits per heavy atom. The van der Waals surface area contributed by atoms with Crippen LogP contribution in [0.2, 0.25) is 0 Å². The Bertz CT molecular complexity index is 491. The van der Waals surface area contributed by atoms with Crippen LogP contribution in [0.3, 0.4) is 0 Å². The van der Waals surface area contributed by atoms with Crippen molar-refractivity contribution >= 4 is 10.0 Å². The van der Waals surface area contributed by atoms with Gasteiger partial charge in [0.25, 0.3) is 0 Å². The first kappa shape index (κ1) is 12.6. The van der Waals surface area contributed by atoms with Crippen molar-refractivity contribution in [3.8, 4) is 6.07 Å². The van der Waals surface area contributed by atoms with E-state index in [2.05, 4.69) is 4.84 Å². The highest BCUT2D eigenvalue weighted by Crippen LogP contribution is 2.10. The molecule has 16 heavy (non-hydrogen) atoms. The number of nitrogens with one attached hydrogen (secondary N) is 1. The molecule has 0 aliphatic heterocycles. The number of sulfonamides is 1. The maximum absolute atomic E-state index is 11.5. The van der Waals surface area contributed by atoms with Crippen molar-refractivity contribution < 1.29 is 13.3 Å². The summed E-state index contributed by atoms with van der Waals surface area (Å²) in [5.41, 5.74) is 0.807. The van der Waals surface area contributed by atoms with Gasteiger partial charge in [-0.3, -0.25) is 4.84 Å². The molecular formula is C10H12N2O3S. The molecule has 5 nitrogen and oxygen atoms in total. The average molecular weight is 240 g/mol. The number of rotatable bonds is 5. The van der Waals surface area contributed by atoms with E-state index in [-0.39, 0.29) is 12.4 Å². The zero-order valence-electron chi connectivity index (χ0n) is 8.80. The standard InChI is InChI=1S/C10H12N2O3S/c1-2-15-12-16(13,14)8-10-6-4-3-5-9(10)7-11/h3-6,12H,2,8H2,1H3. The second-order valence-electron chi connectivity index (χ2n) is 3.04. The van der Waals surface area contributed by atoms with Gasteiger partial charge in [0.15, 0.2) is 0 Å². The second-order valence-corrected chi connectivity index (χ2v) is 4.73. The van der Waals surface area contributed by atoms with E-state index >= 15 is 0 Å². The van der Waals surface area contributed by atoms with Gasteiger partial charge in [0.2, 0.25) is 10.0 Å². The van der Waals surface area contributed by atoms with E-state index in [1.54, 1.807) is 31.2 Å². The van der Waals surface area contributed by atoms with E-state index in [1.807, 2.05) is 11.0 Å². The van der Waals surface area contributed by atoms with E-state index in [9.17, 15) is 8.42 Å². The molecule has 0 unspecified atom stereocenters. The van der Waals surface area contributed by atoms with Gasteiger partial charge in [-0.1, -0.05) is 23.1 Å². The maximum Gasteiger partial charge on any atom is 0.237 e. The van der Waals surface area contributed by atoms with E-state index in [0.717, 1.165) is 0 Å². The summed E-state index contributed by atoms with van der Waals surface area (Å²) in [7, 11) is -3.55. The molecule has 1 N–H and O–H groups in total. The molecule has 1 aromatic rings. The van der Waals surface area contributed by atoms with Crippen molar-refractivity contribution in [2.75, 3.05) is 6.61 Å². The van der Waals surface area contributed by atoms with Crippen LogP contribution in [0, 0.1) is 11.3 Å². The third-order valence-corrected chi connectivity index (χ3v) is 2.88. The van der Waals surface area contributed by atoms with E-state index in [1.165, 1.54) is 0 Å². The van der Waals surface area contributed by atoms with Gasteiger partial charge < -0.3 is 0 Å². The van der Waals surface area contributed by atoms with Gasteiger partial charge in [-0.15, -0.1) is 0 Å². The fraction of sp³-hybridized carbons (Fsp3) is 0.300. The summed E-state index contributed by atoms with van der Waals surface area (Å²) in [5, 5.41) is 8.79. The van der Waals surface area contributed by atoms with Gasteiger partial charge >= 0.3 is 0 Å². The Balaban J connectivity index is 2.85. The van der Waals surface area contributed by atoms with Gasteiger partial charge in [0.1, 0.15) is 0 Å². The fourth-order valence-corrected chi connectivity index (χ4v) is 2.16. The SMILES string of the molecule is CCONS(=O)(=O)Cc1ccccc1C#N. The molecule has 0 aromatic heterocycles. The molecule has 0 aliphatic carbocycles. The van der Waals surface area contributed by atoms with Crippen LogP contribution in [0.25, 0.3) is 0 Å². The summed E-state index contributed by atoms with van der Waals surface area (Å²) in [4.78, 5) is 6.59. The summed E-state index contributed by atoms with van der Waals surface area (Å²) in [6.07, 6.45) is 0. The monoisotopic (exact) mass is 240 g/mol. The first-order valence-electron chi connectivity index (χ1n) is 4.68. The van der Waals surface area contributed by atoms with Crippen molar-refractivity contribution in [1.29, 1.82) is 5.26 Å². The molecule has 0 aliphatic rings. The fourth-order valence-electron chi connectivity index (χ4n) is 1.14. The van der Waals surface area contributed by atoms with Gasteiger partial charge in [-0.25, -0.2) is 8.42 Å². The first-order chi connectivity index (χ1) is 7.59. The molecule has 0 atom stereocenters. The molecular weight excluding hydrogens is 228 g/mol. The largest absolute Gasteiger partial charge is 0.287 e. The molecule has 0 saturated carbocycles. The summed E-state index contributed by atoms with van der Waals surface area (Å²) < 4.78 is 23.0. The van der Waals surface area contributed by atoms with Gasteiger partial charge in [0.05, 0.1) is 24.0 Å². The van der Waals surface area contributed by atoms with Gasteiger partial charge in [0, 0.05) is 0 Å². The predicted octanol–water partition coefficient (Wildman–Crippen LogP) is 0.929. The van der Waals surface area contributed by atoms with Crippen LogP contribution < -0.4 is 4.89 Å². The van der Waals surface area contributed by atoms with Crippen molar-refractivity contribution in [2.24, 2.45) is 0 Å². The molecule has 1 aromatic carbocycles. The van der Waals surface area contributed by atoms with Crippen molar-refractivity contribution in [2.45, 2.75) is 12.7 Å². The maximum atomic E-state index is 11.5. The lowest BCUT2D eigenvalue weighted by Crippen LogP contribution is -2.25. The van der Waals surface area contributed by atoms with Crippen LogP contribution >= 0.6 is 0 Å². The van der Waals surface area contributed by atoms with Crippen LogP contribution in [0.4, 0.5) is 0 Å². The number of hydrogen-bond donors (Lipinski definition) is 1. The molecule has 0 amide bonds. The zero-order valence-corrected chi connectivity index (χ0v) is 9.62. The van der Waals surface area contributed by atoms with Crippen LogP contribution in [-0.2, 0) is 20.6 Å². The predicted molar refractivity (Wildman–Crippen MR) is 58.5 cm³/mol. The lowest BCUT2D eigenvalue weighted by atomic mass is 10.1. The number of hydrogen-bond acceptors (Lipinski definition) is 4. The van der Waals surface area contributed by atoms with Gasteiger partial charge in [-0.2, -0.15) is 5.26 Å². The third-order valence-electron chi connectivity index (χ3n) is 1.81. The minimum atomic E-state index is -3.55. The lowest BCUT2D eigenvalue weighted by Gasteiger charge is -2.06. The Morgan fingerprint density at radius 2 is 2.12 bits per heavy atom. The minimum Gasteiger partial charge on any atom is -0.287 e. The second kappa shape index (κ2) is 5.61. The van der Waals surface area contributed by atoms with E-state index in [0.29, 0.717) is 11.1 Å². The Kier molecular flexibility index (Phi) is 4.43. The highest BCUT2D eigenvalue weighted by atomic mass is 32.2. The minimum absolute atomic E-state index is 0.249.